The minimum absolute atomic E-state index is 0. The van der Waals surface area contributed by atoms with E-state index in [1.165, 1.54) is 12.1 Å². The van der Waals surface area contributed by atoms with Gasteiger partial charge < -0.3 is 11.5 Å². The molecule has 1 saturated carbocycles. The van der Waals surface area contributed by atoms with Crippen LogP contribution in [0, 0.1) is 5.82 Å². The van der Waals surface area contributed by atoms with Crippen LogP contribution in [-0.2, 0) is 10.2 Å². The zero-order valence-corrected chi connectivity index (χ0v) is 11.9. The maximum Gasteiger partial charge on any atom is 0.228 e. The van der Waals surface area contributed by atoms with Crippen molar-refractivity contribution in [2.45, 2.75) is 37.1 Å². The van der Waals surface area contributed by atoms with Gasteiger partial charge in [0.25, 0.3) is 0 Å². The molecule has 0 atom stereocenters. The van der Waals surface area contributed by atoms with E-state index < -0.39 is 17.1 Å². The van der Waals surface area contributed by atoms with Crippen molar-refractivity contribution in [2.24, 2.45) is 11.5 Å². The standard InChI is InChI=1S/C13H16ClFN2O.ClH/c14-11-7-8(15)1-2-10(11)13(12(17)18)5-3-9(16)4-6-13;/h1-2,7,9H,3-6,16H2,(H2,17,18);1H. The molecule has 0 aliphatic heterocycles. The molecule has 1 aromatic rings. The Morgan fingerprint density at radius 1 is 1.37 bits per heavy atom. The van der Waals surface area contributed by atoms with Crippen LogP contribution in [0.25, 0.3) is 0 Å². The number of carbonyl (C=O) groups excluding carboxylic acids is 1. The molecule has 0 bridgehead atoms. The lowest BCUT2D eigenvalue weighted by molar-refractivity contribution is -0.124. The molecule has 1 aliphatic carbocycles. The summed E-state index contributed by atoms with van der Waals surface area (Å²) in [6.45, 7) is 0. The smallest absolute Gasteiger partial charge is 0.228 e. The second-order valence-corrected chi connectivity index (χ2v) is 5.32. The minimum Gasteiger partial charge on any atom is -0.369 e. The van der Waals surface area contributed by atoms with Crippen molar-refractivity contribution in [3.8, 4) is 0 Å². The normalized spacial score (nSPS) is 26.6. The summed E-state index contributed by atoms with van der Waals surface area (Å²) in [7, 11) is 0. The first-order chi connectivity index (χ1) is 8.45. The number of amides is 1. The summed E-state index contributed by atoms with van der Waals surface area (Å²) in [4.78, 5) is 11.8. The molecule has 4 N–H and O–H groups in total. The van der Waals surface area contributed by atoms with Crippen LogP contribution < -0.4 is 11.5 Å². The molecule has 106 valence electrons. The number of rotatable bonds is 2. The second-order valence-electron chi connectivity index (χ2n) is 4.91. The highest BCUT2D eigenvalue weighted by Crippen LogP contribution is 2.42. The van der Waals surface area contributed by atoms with Crippen molar-refractivity contribution in [3.63, 3.8) is 0 Å². The van der Waals surface area contributed by atoms with Gasteiger partial charge in [-0.1, -0.05) is 17.7 Å². The number of nitrogens with two attached hydrogens (primary N) is 2. The average Bonchev–Trinajstić information content (AvgIpc) is 2.30. The summed E-state index contributed by atoms with van der Waals surface area (Å²) in [5, 5.41) is 0.254. The van der Waals surface area contributed by atoms with Crippen LogP contribution in [0.15, 0.2) is 18.2 Å². The Balaban J connectivity index is 0.00000180. The third-order valence-corrected chi connectivity index (χ3v) is 4.11. The Hall–Kier alpha value is -0.840. The monoisotopic (exact) mass is 306 g/mol. The molecule has 1 aliphatic rings. The van der Waals surface area contributed by atoms with Gasteiger partial charge in [0.05, 0.1) is 5.41 Å². The number of carbonyl (C=O) groups is 1. The summed E-state index contributed by atoms with van der Waals surface area (Å²) in [6, 6.07) is 4.17. The topological polar surface area (TPSA) is 69.1 Å². The minimum atomic E-state index is -0.805. The summed E-state index contributed by atoms with van der Waals surface area (Å²) < 4.78 is 13.1. The first-order valence-corrected chi connectivity index (χ1v) is 6.34. The molecule has 1 amide bonds. The number of benzene rings is 1. The van der Waals surface area contributed by atoms with E-state index in [0.29, 0.717) is 18.4 Å². The van der Waals surface area contributed by atoms with Crippen LogP contribution in [0.5, 0.6) is 0 Å². The van der Waals surface area contributed by atoms with Crippen LogP contribution in [0.3, 0.4) is 0 Å². The molecule has 1 fully saturated rings. The maximum absolute atomic E-state index is 13.1. The molecule has 0 saturated heterocycles. The van der Waals surface area contributed by atoms with Gasteiger partial charge in [-0.05, 0) is 43.4 Å². The van der Waals surface area contributed by atoms with Crippen molar-refractivity contribution in [1.82, 2.24) is 0 Å². The molecular formula is C13H17Cl2FN2O. The predicted molar refractivity (Wildman–Crippen MR) is 76.0 cm³/mol. The Kier molecular flexibility index (Phi) is 5.18. The van der Waals surface area contributed by atoms with Crippen LogP contribution in [-0.4, -0.2) is 11.9 Å². The molecule has 19 heavy (non-hydrogen) atoms. The van der Waals surface area contributed by atoms with Gasteiger partial charge in [-0.25, -0.2) is 4.39 Å². The Labute approximate surface area is 122 Å². The van der Waals surface area contributed by atoms with Gasteiger partial charge >= 0.3 is 0 Å². The van der Waals surface area contributed by atoms with Crippen LogP contribution in [0.4, 0.5) is 4.39 Å². The van der Waals surface area contributed by atoms with E-state index in [-0.39, 0.29) is 23.5 Å². The van der Waals surface area contributed by atoms with Gasteiger partial charge in [0.1, 0.15) is 5.82 Å². The highest BCUT2D eigenvalue weighted by Gasteiger charge is 2.42. The fourth-order valence-electron chi connectivity index (χ4n) is 2.66. The van der Waals surface area contributed by atoms with E-state index in [0.717, 1.165) is 12.8 Å². The lowest BCUT2D eigenvalue weighted by Crippen LogP contribution is -2.46. The molecular weight excluding hydrogens is 290 g/mol. The first kappa shape index (κ1) is 16.2. The molecule has 2 rings (SSSR count). The quantitative estimate of drug-likeness (QED) is 0.881. The van der Waals surface area contributed by atoms with Gasteiger partial charge in [0, 0.05) is 11.1 Å². The maximum atomic E-state index is 13.1. The summed E-state index contributed by atoms with van der Waals surface area (Å²) in [5.41, 5.74) is 11.2. The molecule has 0 radical (unpaired) electrons. The van der Waals surface area contributed by atoms with Crippen LogP contribution >= 0.6 is 24.0 Å². The summed E-state index contributed by atoms with van der Waals surface area (Å²) >= 11 is 6.05. The van der Waals surface area contributed by atoms with Gasteiger partial charge in [-0.15, -0.1) is 12.4 Å². The number of hydrogen-bond donors (Lipinski definition) is 2. The molecule has 0 spiro atoms. The van der Waals surface area contributed by atoms with E-state index in [1.54, 1.807) is 6.07 Å². The van der Waals surface area contributed by atoms with Gasteiger partial charge in [0.2, 0.25) is 5.91 Å². The Bertz CT molecular complexity index is 474. The lowest BCUT2D eigenvalue weighted by atomic mass is 9.68. The Morgan fingerprint density at radius 2 is 1.95 bits per heavy atom. The zero-order valence-electron chi connectivity index (χ0n) is 10.4. The van der Waals surface area contributed by atoms with Crippen molar-refractivity contribution in [2.75, 3.05) is 0 Å². The van der Waals surface area contributed by atoms with Gasteiger partial charge in [-0.3, -0.25) is 4.79 Å². The van der Waals surface area contributed by atoms with E-state index >= 15 is 0 Å². The van der Waals surface area contributed by atoms with E-state index in [9.17, 15) is 9.18 Å². The van der Waals surface area contributed by atoms with Crippen molar-refractivity contribution < 1.29 is 9.18 Å². The molecule has 0 unspecified atom stereocenters. The van der Waals surface area contributed by atoms with Gasteiger partial charge in [-0.2, -0.15) is 0 Å². The van der Waals surface area contributed by atoms with Gasteiger partial charge in [0.15, 0.2) is 0 Å². The molecule has 0 aromatic heterocycles. The lowest BCUT2D eigenvalue weighted by Gasteiger charge is -2.37. The third kappa shape index (κ3) is 3.02. The van der Waals surface area contributed by atoms with Crippen LogP contribution in [0.2, 0.25) is 5.02 Å². The average molecular weight is 307 g/mol. The van der Waals surface area contributed by atoms with Crippen LogP contribution in [0.1, 0.15) is 31.2 Å². The first-order valence-electron chi connectivity index (χ1n) is 5.97. The predicted octanol–water partition coefficient (Wildman–Crippen LogP) is 2.53. The van der Waals surface area contributed by atoms with E-state index in [1.807, 2.05) is 0 Å². The molecule has 1 aromatic carbocycles. The largest absolute Gasteiger partial charge is 0.369 e. The van der Waals surface area contributed by atoms with Crippen molar-refractivity contribution in [3.05, 3.63) is 34.6 Å². The zero-order chi connectivity index (χ0) is 13.3. The molecule has 0 heterocycles. The van der Waals surface area contributed by atoms with E-state index in [4.69, 9.17) is 23.1 Å². The fraction of sp³-hybridized carbons (Fsp3) is 0.462. The fourth-order valence-corrected chi connectivity index (χ4v) is 3.01. The summed E-state index contributed by atoms with van der Waals surface area (Å²) in [5.74, 6) is -0.834. The van der Waals surface area contributed by atoms with E-state index in [2.05, 4.69) is 0 Å². The molecule has 3 nitrogen and oxygen atoms in total. The third-order valence-electron chi connectivity index (χ3n) is 3.80. The summed E-state index contributed by atoms with van der Waals surface area (Å²) in [6.07, 6.45) is 2.57. The number of halogens is 3. The number of primary amides is 1. The highest BCUT2D eigenvalue weighted by atomic mass is 35.5. The van der Waals surface area contributed by atoms with Crippen molar-refractivity contribution in [1.29, 1.82) is 0 Å². The highest BCUT2D eigenvalue weighted by molar-refractivity contribution is 6.31. The molecule has 6 heteroatoms. The number of hydrogen-bond acceptors (Lipinski definition) is 2. The SMILES string of the molecule is Cl.NC(=O)C1(c2ccc(F)cc2Cl)CCC(N)CC1. The van der Waals surface area contributed by atoms with Crippen molar-refractivity contribution >= 4 is 29.9 Å². The Morgan fingerprint density at radius 3 is 2.42 bits per heavy atom. The second kappa shape index (κ2) is 6.07.